The van der Waals surface area contributed by atoms with Crippen LogP contribution in [0.3, 0.4) is 0 Å². The highest BCUT2D eigenvalue weighted by Crippen LogP contribution is 2.22. The number of hydrogen-bond acceptors (Lipinski definition) is 3. The van der Waals surface area contributed by atoms with Crippen molar-refractivity contribution in [1.29, 1.82) is 0 Å². The minimum atomic E-state index is -0.0251. The second-order valence-corrected chi connectivity index (χ2v) is 5.34. The van der Waals surface area contributed by atoms with Crippen LogP contribution in [-0.2, 0) is 9.53 Å². The van der Waals surface area contributed by atoms with Gasteiger partial charge in [-0.15, -0.1) is 0 Å². The highest BCUT2D eigenvalue weighted by atomic mass is 16.5. The largest absolute Gasteiger partial charge is 0.466 e. The maximum absolute atomic E-state index is 11.3. The third kappa shape index (κ3) is 6.39. The van der Waals surface area contributed by atoms with E-state index in [2.05, 4.69) is 11.8 Å². The normalized spacial score (nSPS) is 17.9. The number of piperidine rings is 1. The van der Waals surface area contributed by atoms with Crippen molar-refractivity contribution in [2.24, 2.45) is 5.92 Å². The van der Waals surface area contributed by atoms with Crippen LogP contribution in [0, 0.1) is 5.92 Å². The lowest BCUT2D eigenvalue weighted by Gasteiger charge is -2.31. The van der Waals surface area contributed by atoms with E-state index in [0.29, 0.717) is 13.0 Å². The molecule has 0 aliphatic carbocycles. The number of unbranched alkanes of at least 4 members (excludes halogenated alkanes) is 2. The van der Waals surface area contributed by atoms with Crippen molar-refractivity contribution in [1.82, 2.24) is 4.90 Å². The molecule has 0 N–H and O–H groups in total. The van der Waals surface area contributed by atoms with Crippen molar-refractivity contribution >= 4 is 5.97 Å². The van der Waals surface area contributed by atoms with Gasteiger partial charge in [0.25, 0.3) is 0 Å². The summed E-state index contributed by atoms with van der Waals surface area (Å²) < 4.78 is 4.97. The smallest absolute Gasteiger partial charge is 0.305 e. The second-order valence-electron chi connectivity index (χ2n) is 5.34. The van der Waals surface area contributed by atoms with Crippen molar-refractivity contribution in [3.05, 3.63) is 0 Å². The average Bonchev–Trinajstić information content (AvgIpc) is 2.38. The zero-order chi connectivity index (χ0) is 13.2. The highest BCUT2D eigenvalue weighted by Gasteiger charge is 2.19. The van der Waals surface area contributed by atoms with Crippen molar-refractivity contribution < 1.29 is 9.53 Å². The van der Waals surface area contributed by atoms with Crippen molar-refractivity contribution in [2.45, 2.75) is 58.8 Å². The average molecular weight is 255 g/mol. The maximum atomic E-state index is 11.3. The molecular weight excluding hydrogens is 226 g/mol. The van der Waals surface area contributed by atoms with Crippen LogP contribution in [0.4, 0.5) is 0 Å². The Bertz CT molecular complexity index is 223. The van der Waals surface area contributed by atoms with Gasteiger partial charge in [-0.05, 0) is 58.2 Å². The van der Waals surface area contributed by atoms with Gasteiger partial charge >= 0.3 is 5.97 Å². The summed E-state index contributed by atoms with van der Waals surface area (Å²) in [5.74, 6) is 0.708. The second kappa shape index (κ2) is 9.37. The topological polar surface area (TPSA) is 29.5 Å². The van der Waals surface area contributed by atoms with Crippen LogP contribution in [-0.4, -0.2) is 37.1 Å². The number of ether oxygens (including phenoxy) is 1. The van der Waals surface area contributed by atoms with Gasteiger partial charge in [0.15, 0.2) is 0 Å². The van der Waals surface area contributed by atoms with Gasteiger partial charge in [-0.1, -0.05) is 19.8 Å². The van der Waals surface area contributed by atoms with Gasteiger partial charge in [0.1, 0.15) is 0 Å². The van der Waals surface area contributed by atoms with Crippen LogP contribution in [0.5, 0.6) is 0 Å². The van der Waals surface area contributed by atoms with Crippen LogP contribution in [0.2, 0.25) is 0 Å². The Kier molecular flexibility index (Phi) is 8.06. The van der Waals surface area contributed by atoms with Gasteiger partial charge in [-0.2, -0.15) is 0 Å². The molecule has 1 rings (SSSR count). The van der Waals surface area contributed by atoms with E-state index in [-0.39, 0.29) is 5.97 Å². The molecule has 0 aromatic carbocycles. The third-order valence-electron chi connectivity index (χ3n) is 3.85. The first kappa shape index (κ1) is 15.5. The Morgan fingerprint density at radius 2 is 1.94 bits per heavy atom. The summed E-state index contributed by atoms with van der Waals surface area (Å²) in [4.78, 5) is 13.9. The van der Waals surface area contributed by atoms with Gasteiger partial charge in [0.2, 0.25) is 0 Å². The molecule has 0 spiro atoms. The zero-order valence-electron chi connectivity index (χ0n) is 12.1. The van der Waals surface area contributed by atoms with E-state index in [1.165, 1.54) is 51.7 Å². The molecule has 0 aromatic heterocycles. The molecule has 1 aliphatic heterocycles. The standard InChI is InChI=1S/C15H29NO2/c1-3-5-6-11-16-12-9-14(10-13-16)7-8-15(17)18-4-2/h14H,3-13H2,1-2H3. The Balaban J connectivity index is 2.06. The number of hydrogen-bond donors (Lipinski definition) is 0. The summed E-state index contributed by atoms with van der Waals surface area (Å²) in [6, 6.07) is 0. The molecule has 3 heteroatoms. The molecular formula is C15H29NO2. The Morgan fingerprint density at radius 1 is 1.22 bits per heavy atom. The first-order valence-electron chi connectivity index (χ1n) is 7.64. The number of esters is 1. The molecule has 1 aliphatic rings. The Hall–Kier alpha value is -0.570. The summed E-state index contributed by atoms with van der Waals surface area (Å²) in [5, 5.41) is 0. The number of likely N-dealkylation sites (tertiary alicyclic amines) is 1. The van der Waals surface area contributed by atoms with Crippen LogP contribution >= 0.6 is 0 Å². The minimum Gasteiger partial charge on any atom is -0.466 e. The molecule has 1 fully saturated rings. The van der Waals surface area contributed by atoms with E-state index < -0.39 is 0 Å². The van der Waals surface area contributed by atoms with E-state index >= 15 is 0 Å². The summed E-state index contributed by atoms with van der Waals surface area (Å²) in [7, 11) is 0. The first-order valence-corrected chi connectivity index (χ1v) is 7.64. The monoisotopic (exact) mass is 255 g/mol. The maximum Gasteiger partial charge on any atom is 0.305 e. The fourth-order valence-electron chi connectivity index (χ4n) is 2.64. The summed E-state index contributed by atoms with van der Waals surface area (Å²) >= 11 is 0. The highest BCUT2D eigenvalue weighted by molar-refractivity contribution is 5.69. The molecule has 1 saturated heterocycles. The van der Waals surface area contributed by atoms with Gasteiger partial charge in [0, 0.05) is 6.42 Å². The fourth-order valence-corrected chi connectivity index (χ4v) is 2.64. The SMILES string of the molecule is CCCCCN1CCC(CCC(=O)OCC)CC1. The van der Waals surface area contributed by atoms with Crippen LogP contribution in [0.15, 0.2) is 0 Å². The van der Waals surface area contributed by atoms with E-state index in [1.807, 2.05) is 6.92 Å². The Morgan fingerprint density at radius 3 is 2.56 bits per heavy atom. The molecule has 0 radical (unpaired) electrons. The lowest BCUT2D eigenvalue weighted by Crippen LogP contribution is -2.34. The molecule has 0 amide bonds. The lowest BCUT2D eigenvalue weighted by molar-refractivity contribution is -0.143. The third-order valence-corrected chi connectivity index (χ3v) is 3.85. The molecule has 0 unspecified atom stereocenters. The van der Waals surface area contributed by atoms with Gasteiger partial charge in [-0.3, -0.25) is 4.79 Å². The molecule has 3 nitrogen and oxygen atoms in total. The van der Waals surface area contributed by atoms with Crippen LogP contribution < -0.4 is 0 Å². The predicted octanol–water partition coefficient (Wildman–Crippen LogP) is 3.23. The molecule has 0 atom stereocenters. The van der Waals surface area contributed by atoms with Gasteiger partial charge < -0.3 is 9.64 Å². The van der Waals surface area contributed by atoms with Crippen LogP contribution in [0.1, 0.15) is 58.8 Å². The molecule has 0 aromatic rings. The Labute approximate surface area is 112 Å². The molecule has 0 bridgehead atoms. The number of carbonyl (C=O) groups excluding carboxylic acids is 1. The van der Waals surface area contributed by atoms with Crippen molar-refractivity contribution in [2.75, 3.05) is 26.2 Å². The van der Waals surface area contributed by atoms with E-state index in [0.717, 1.165) is 12.3 Å². The number of carbonyl (C=O) groups is 1. The number of nitrogens with zero attached hydrogens (tertiary/aromatic N) is 1. The van der Waals surface area contributed by atoms with Crippen molar-refractivity contribution in [3.8, 4) is 0 Å². The van der Waals surface area contributed by atoms with E-state index in [4.69, 9.17) is 4.74 Å². The van der Waals surface area contributed by atoms with E-state index in [9.17, 15) is 4.79 Å². The number of rotatable bonds is 8. The summed E-state index contributed by atoms with van der Waals surface area (Å²) in [6.45, 7) is 8.33. The summed E-state index contributed by atoms with van der Waals surface area (Å²) in [5.41, 5.74) is 0. The predicted molar refractivity (Wildman–Crippen MR) is 74.6 cm³/mol. The van der Waals surface area contributed by atoms with Gasteiger partial charge in [0.05, 0.1) is 6.61 Å². The first-order chi connectivity index (χ1) is 8.76. The van der Waals surface area contributed by atoms with Crippen molar-refractivity contribution in [3.63, 3.8) is 0 Å². The van der Waals surface area contributed by atoms with E-state index in [1.54, 1.807) is 0 Å². The van der Waals surface area contributed by atoms with Crippen LogP contribution in [0.25, 0.3) is 0 Å². The lowest BCUT2D eigenvalue weighted by atomic mass is 9.92. The molecule has 106 valence electrons. The fraction of sp³-hybridized carbons (Fsp3) is 0.933. The minimum absolute atomic E-state index is 0.0251. The molecule has 1 heterocycles. The zero-order valence-corrected chi connectivity index (χ0v) is 12.1. The molecule has 18 heavy (non-hydrogen) atoms. The van der Waals surface area contributed by atoms with Gasteiger partial charge in [-0.25, -0.2) is 0 Å². The summed E-state index contributed by atoms with van der Waals surface area (Å²) in [6.07, 6.45) is 8.12. The quantitative estimate of drug-likeness (QED) is 0.492. The molecule has 0 saturated carbocycles.